The van der Waals surface area contributed by atoms with Crippen molar-refractivity contribution in [2.75, 3.05) is 13.2 Å². The summed E-state index contributed by atoms with van der Waals surface area (Å²) in [7, 11) is 0. The molecule has 154 valence electrons. The fourth-order valence-electron chi connectivity index (χ4n) is 3.19. The van der Waals surface area contributed by atoms with Crippen LogP contribution < -0.4 is 10.6 Å². The van der Waals surface area contributed by atoms with E-state index in [0.29, 0.717) is 0 Å². The first-order valence-corrected chi connectivity index (χ1v) is 9.66. The number of hydrogen-bond donors (Lipinski definition) is 4. The van der Waals surface area contributed by atoms with Crippen molar-refractivity contribution in [1.82, 2.24) is 10.6 Å². The van der Waals surface area contributed by atoms with Crippen molar-refractivity contribution in [2.45, 2.75) is 12.1 Å². The molecule has 0 fully saturated rings. The first-order chi connectivity index (χ1) is 14.6. The number of carbonyl (C=O) groups is 2. The zero-order valence-electron chi connectivity index (χ0n) is 16.4. The van der Waals surface area contributed by atoms with Crippen molar-refractivity contribution in [3.8, 4) is 0 Å². The van der Waals surface area contributed by atoms with Gasteiger partial charge in [0.2, 0.25) is 0 Å². The Morgan fingerprint density at radius 3 is 1.27 bits per heavy atom. The molecule has 4 N–H and O–H groups in total. The lowest BCUT2D eigenvalue weighted by Gasteiger charge is -2.20. The van der Waals surface area contributed by atoms with Crippen LogP contribution >= 0.6 is 0 Å². The lowest BCUT2D eigenvalue weighted by Crippen LogP contribution is -2.35. The number of rotatable bonds is 8. The predicted octanol–water partition coefficient (Wildman–Crippen LogP) is 2.61. The van der Waals surface area contributed by atoms with Crippen LogP contribution in [-0.4, -0.2) is 35.2 Å². The molecule has 2 atom stereocenters. The second-order valence-electron chi connectivity index (χ2n) is 6.78. The van der Waals surface area contributed by atoms with Crippen molar-refractivity contribution in [1.29, 1.82) is 0 Å². The minimum absolute atomic E-state index is 0.189. The van der Waals surface area contributed by atoms with E-state index >= 15 is 0 Å². The highest BCUT2D eigenvalue weighted by Gasteiger charge is 2.22. The van der Waals surface area contributed by atoms with Crippen LogP contribution in [0.5, 0.6) is 0 Å². The monoisotopic (exact) mass is 404 g/mol. The van der Waals surface area contributed by atoms with Gasteiger partial charge in [0.25, 0.3) is 11.8 Å². The predicted molar refractivity (Wildman–Crippen MR) is 114 cm³/mol. The zero-order valence-corrected chi connectivity index (χ0v) is 16.4. The fourth-order valence-corrected chi connectivity index (χ4v) is 3.19. The van der Waals surface area contributed by atoms with E-state index in [1.165, 1.54) is 0 Å². The van der Waals surface area contributed by atoms with Crippen LogP contribution in [0.25, 0.3) is 0 Å². The SMILES string of the molecule is O=C(N[C@@H](CO)c1ccccc1)c1ccccc1C(=O)N[C@@H](CO)c1ccccc1. The summed E-state index contributed by atoms with van der Waals surface area (Å²) in [5.74, 6) is -0.937. The molecule has 0 aliphatic rings. The molecule has 2 amide bonds. The highest BCUT2D eigenvalue weighted by molar-refractivity contribution is 6.07. The highest BCUT2D eigenvalue weighted by atomic mass is 16.3. The Balaban J connectivity index is 1.79. The average Bonchev–Trinajstić information content (AvgIpc) is 2.81. The lowest BCUT2D eigenvalue weighted by molar-refractivity contribution is 0.0882. The third kappa shape index (κ3) is 5.11. The van der Waals surface area contributed by atoms with Crippen molar-refractivity contribution in [3.63, 3.8) is 0 Å². The lowest BCUT2D eigenvalue weighted by atomic mass is 10.0. The summed E-state index contributed by atoms with van der Waals surface area (Å²) in [5.41, 5.74) is 1.91. The standard InChI is InChI=1S/C24H24N2O4/c27-15-21(17-9-3-1-4-10-17)25-23(29)19-13-7-8-14-20(19)24(30)26-22(16-28)18-11-5-2-6-12-18/h1-14,21-22,27-28H,15-16H2,(H,25,29)(H,26,30)/t21-,22-/m0/s1. The van der Waals surface area contributed by atoms with Gasteiger partial charge in [-0.2, -0.15) is 0 Å². The summed E-state index contributed by atoms with van der Waals surface area (Å²) in [4.78, 5) is 25.8. The summed E-state index contributed by atoms with van der Waals surface area (Å²) < 4.78 is 0. The Hall–Kier alpha value is -3.48. The van der Waals surface area contributed by atoms with Crippen LogP contribution in [0.2, 0.25) is 0 Å². The number of amides is 2. The number of aliphatic hydroxyl groups excluding tert-OH is 2. The first-order valence-electron chi connectivity index (χ1n) is 9.66. The van der Waals surface area contributed by atoms with E-state index in [1.54, 1.807) is 24.3 Å². The van der Waals surface area contributed by atoms with Gasteiger partial charge in [-0.15, -0.1) is 0 Å². The van der Waals surface area contributed by atoms with Crippen molar-refractivity contribution < 1.29 is 19.8 Å². The zero-order chi connectivity index (χ0) is 21.3. The maximum absolute atomic E-state index is 12.9. The molecule has 0 spiro atoms. The largest absolute Gasteiger partial charge is 0.394 e. The van der Waals surface area contributed by atoms with Crippen molar-refractivity contribution in [3.05, 3.63) is 107 Å². The molecule has 0 bridgehead atoms. The maximum atomic E-state index is 12.9. The van der Waals surface area contributed by atoms with Gasteiger partial charge >= 0.3 is 0 Å². The average molecular weight is 404 g/mol. The van der Waals surface area contributed by atoms with Gasteiger partial charge in [-0.25, -0.2) is 0 Å². The Labute approximate surface area is 175 Å². The van der Waals surface area contributed by atoms with Crippen LogP contribution in [-0.2, 0) is 0 Å². The topological polar surface area (TPSA) is 98.7 Å². The molecule has 6 nitrogen and oxygen atoms in total. The first kappa shape index (κ1) is 21.2. The van der Waals surface area contributed by atoms with E-state index in [4.69, 9.17) is 0 Å². The molecule has 0 unspecified atom stereocenters. The Morgan fingerprint density at radius 1 is 0.600 bits per heavy atom. The molecule has 0 aromatic heterocycles. The summed E-state index contributed by atoms with van der Waals surface area (Å²) in [6.07, 6.45) is 0. The molecule has 0 aliphatic heterocycles. The van der Waals surface area contributed by atoms with Gasteiger partial charge in [-0.3, -0.25) is 9.59 Å². The molecule has 6 heteroatoms. The fraction of sp³-hybridized carbons (Fsp3) is 0.167. The van der Waals surface area contributed by atoms with Gasteiger partial charge in [0.1, 0.15) is 0 Å². The number of hydrogen-bond acceptors (Lipinski definition) is 4. The highest BCUT2D eigenvalue weighted by Crippen LogP contribution is 2.17. The third-order valence-electron chi connectivity index (χ3n) is 4.80. The summed E-state index contributed by atoms with van der Waals surface area (Å²) in [6.45, 7) is -0.546. The second-order valence-corrected chi connectivity index (χ2v) is 6.78. The van der Waals surface area contributed by atoms with E-state index in [0.717, 1.165) is 11.1 Å². The Bertz CT molecular complexity index is 896. The smallest absolute Gasteiger partial charge is 0.252 e. The summed E-state index contributed by atoms with van der Waals surface area (Å²) >= 11 is 0. The third-order valence-corrected chi connectivity index (χ3v) is 4.80. The molecule has 3 rings (SSSR count). The van der Waals surface area contributed by atoms with Crippen LogP contribution in [0.4, 0.5) is 0 Å². The summed E-state index contributed by atoms with van der Waals surface area (Å²) in [5, 5.41) is 25.0. The molecule has 0 saturated heterocycles. The summed E-state index contributed by atoms with van der Waals surface area (Å²) in [6, 6.07) is 23.5. The van der Waals surface area contributed by atoms with E-state index in [9.17, 15) is 19.8 Å². The van der Waals surface area contributed by atoms with Gasteiger partial charge in [-0.1, -0.05) is 72.8 Å². The number of nitrogens with one attached hydrogen (secondary N) is 2. The second kappa shape index (κ2) is 10.3. The normalized spacial score (nSPS) is 12.6. The van der Waals surface area contributed by atoms with E-state index < -0.39 is 23.9 Å². The molecule has 0 heterocycles. The quantitative estimate of drug-likeness (QED) is 0.464. The van der Waals surface area contributed by atoms with E-state index in [-0.39, 0.29) is 24.3 Å². The van der Waals surface area contributed by atoms with Gasteiger partial charge in [0.05, 0.1) is 36.4 Å². The molecular formula is C24H24N2O4. The number of carbonyl (C=O) groups excluding carboxylic acids is 2. The maximum Gasteiger partial charge on any atom is 0.252 e. The van der Waals surface area contributed by atoms with Crippen molar-refractivity contribution >= 4 is 11.8 Å². The van der Waals surface area contributed by atoms with Crippen LogP contribution in [0.15, 0.2) is 84.9 Å². The Morgan fingerprint density at radius 2 is 0.933 bits per heavy atom. The van der Waals surface area contributed by atoms with Gasteiger partial charge in [0.15, 0.2) is 0 Å². The van der Waals surface area contributed by atoms with Gasteiger partial charge < -0.3 is 20.8 Å². The molecule has 3 aromatic rings. The molecule has 3 aromatic carbocycles. The van der Waals surface area contributed by atoms with E-state index in [1.807, 2.05) is 60.7 Å². The Kier molecular flexibility index (Phi) is 7.32. The van der Waals surface area contributed by atoms with Crippen LogP contribution in [0, 0.1) is 0 Å². The van der Waals surface area contributed by atoms with Gasteiger partial charge in [-0.05, 0) is 23.3 Å². The molecule has 0 radical (unpaired) electrons. The molecule has 30 heavy (non-hydrogen) atoms. The minimum atomic E-state index is -0.593. The number of benzene rings is 3. The molecule has 0 saturated carbocycles. The van der Waals surface area contributed by atoms with Crippen LogP contribution in [0.1, 0.15) is 43.9 Å². The van der Waals surface area contributed by atoms with Crippen molar-refractivity contribution in [2.24, 2.45) is 0 Å². The van der Waals surface area contributed by atoms with E-state index in [2.05, 4.69) is 10.6 Å². The minimum Gasteiger partial charge on any atom is -0.394 e. The molecular weight excluding hydrogens is 380 g/mol. The van der Waals surface area contributed by atoms with Crippen LogP contribution in [0.3, 0.4) is 0 Å². The number of aliphatic hydroxyl groups is 2. The van der Waals surface area contributed by atoms with Gasteiger partial charge in [0, 0.05) is 0 Å². The molecule has 0 aliphatic carbocycles.